The van der Waals surface area contributed by atoms with E-state index in [1.54, 1.807) is 19.1 Å². The number of alkyl halides is 3. The van der Waals surface area contributed by atoms with Crippen LogP contribution in [-0.4, -0.2) is 11.1 Å². The van der Waals surface area contributed by atoms with E-state index in [1.165, 1.54) is 12.1 Å². The molecule has 0 aliphatic rings. The fraction of sp³-hybridized carbons (Fsp3) is 0.200. The largest absolute Gasteiger partial charge is 0.747 e. The lowest BCUT2D eigenvalue weighted by Crippen LogP contribution is -2.12. The maximum atomic E-state index is 12.4. The van der Waals surface area contributed by atoms with Gasteiger partial charge in [-0.15, -0.1) is 4.89 Å². The van der Waals surface area contributed by atoms with Crippen LogP contribution in [-0.2, 0) is 9.09 Å². The molecule has 1 atom stereocenters. The summed E-state index contributed by atoms with van der Waals surface area (Å²) in [6.45, 7) is 1.79. The molecule has 0 spiro atoms. The molecule has 0 aliphatic carbocycles. The van der Waals surface area contributed by atoms with Gasteiger partial charge in [-0.05, 0) is 18.6 Å². The van der Waals surface area contributed by atoms with Crippen LogP contribution in [0.15, 0.2) is 30.0 Å². The van der Waals surface area contributed by atoms with Gasteiger partial charge in [0, 0.05) is 4.57 Å². The summed E-state index contributed by atoms with van der Waals surface area (Å²) in [6.07, 6.45) is -4.14. The number of rotatable bonds is 3. The first-order valence-corrected chi connectivity index (χ1v) is 5.62. The summed E-state index contributed by atoms with van der Waals surface area (Å²) in [4.78, 5) is 8.35. The second kappa shape index (κ2) is 5.29. The maximum Gasteiger partial charge on any atom is 0.747 e. The highest BCUT2D eigenvalue weighted by Crippen LogP contribution is 2.34. The van der Waals surface area contributed by atoms with Crippen molar-refractivity contribution in [2.24, 2.45) is 0 Å². The molecule has 0 saturated heterocycles. The van der Waals surface area contributed by atoms with Crippen molar-refractivity contribution in [3.05, 3.63) is 41.2 Å². The minimum atomic E-state index is -4.81. The average Bonchev–Trinajstić information content (AvgIpc) is 2.18. The van der Waals surface area contributed by atoms with E-state index in [0.717, 1.165) is 5.56 Å². The lowest BCUT2D eigenvalue weighted by molar-refractivity contribution is -0.115. The van der Waals surface area contributed by atoms with Crippen LogP contribution in [0.4, 0.5) is 13.2 Å². The summed E-state index contributed by atoms with van der Waals surface area (Å²) >= 11 is 0. The van der Waals surface area contributed by atoms with Gasteiger partial charge in [-0.2, -0.15) is 13.2 Å². The molecule has 92 valence electrons. The molecule has 0 bridgehead atoms. The fourth-order valence-corrected chi connectivity index (χ4v) is 1.38. The van der Waals surface area contributed by atoms with E-state index in [2.05, 4.69) is 4.52 Å². The zero-order valence-corrected chi connectivity index (χ0v) is 9.63. The Bertz CT molecular complexity index is 437. The Labute approximate surface area is 96.5 Å². The number of aryl methyl sites for hydroxylation is 1. The summed E-state index contributed by atoms with van der Waals surface area (Å²) in [5.74, 6) is -1.50. The number of hydrogen-bond donors (Lipinski definition) is 1. The van der Waals surface area contributed by atoms with Crippen LogP contribution in [0.3, 0.4) is 0 Å². The molecule has 1 aromatic carbocycles. The topological polar surface area (TPSA) is 46.5 Å². The smallest absolute Gasteiger partial charge is 0.224 e. The zero-order chi connectivity index (χ0) is 13.1. The number of allylic oxidation sites excluding steroid dienone is 1. The molecule has 3 nitrogen and oxygen atoms in total. The van der Waals surface area contributed by atoms with Crippen molar-refractivity contribution in [1.29, 1.82) is 0 Å². The molecule has 17 heavy (non-hydrogen) atoms. The van der Waals surface area contributed by atoms with Crippen LogP contribution >= 0.6 is 8.25 Å². The molecule has 0 amide bonds. The molecule has 1 N–H and O–H groups in total. The third-order valence-corrected chi connectivity index (χ3v) is 2.18. The first-order chi connectivity index (χ1) is 7.79. The van der Waals surface area contributed by atoms with Gasteiger partial charge in [0.05, 0.1) is 0 Å². The summed E-state index contributed by atoms with van der Waals surface area (Å²) in [5, 5.41) is 0. The predicted octanol–water partition coefficient (Wildman–Crippen LogP) is 3.56. The van der Waals surface area contributed by atoms with E-state index in [4.69, 9.17) is 4.89 Å². The van der Waals surface area contributed by atoms with Crippen LogP contribution in [0, 0.1) is 6.92 Å². The van der Waals surface area contributed by atoms with Crippen LogP contribution in [0.5, 0.6) is 0 Å². The Hall–Kier alpha value is -1.39. The average molecular weight is 265 g/mol. The molecule has 0 radical (unpaired) electrons. The molecule has 0 saturated carbocycles. The van der Waals surface area contributed by atoms with Gasteiger partial charge < -0.3 is 0 Å². The zero-order valence-electron chi connectivity index (χ0n) is 8.73. The van der Waals surface area contributed by atoms with Crippen molar-refractivity contribution < 1.29 is 27.2 Å². The van der Waals surface area contributed by atoms with Crippen LogP contribution in [0.2, 0.25) is 0 Å². The summed E-state index contributed by atoms with van der Waals surface area (Å²) in [5.41, 5.74) is 1.13. The lowest BCUT2D eigenvalue weighted by Gasteiger charge is -2.04. The highest BCUT2D eigenvalue weighted by Gasteiger charge is 2.41. The maximum absolute atomic E-state index is 12.4. The highest BCUT2D eigenvalue weighted by atomic mass is 31.1. The molecule has 1 unspecified atom stereocenters. The van der Waals surface area contributed by atoms with E-state index in [-0.39, 0.29) is 5.56 Å². The number of hydrogen-bond acceptors (Lipinski definition) is 2. The second-order valence-corrected chi connectivity index (χ2v) is 3.90. The van der Waals surface area contributed by atoms with Crippen molar-refractivity contribution in [3.8, 4) is 0 Å². The normalized spacial score (nSPS) is 13.5. The number of halogens is 3. The van der Waals surface area contributed by atoms with Gasteiger partial charge in [0.1, 0.15) is 0 Å². The molecular weight excluding hydrogens is 256 g/mol. The van der Waals surface area contributed by atoms with Gasteiger partial charge in [-0.3, -0.25) is 0 Å². The van der Waals surface area contributed by atoms with E-state index in [0.29, 0.717) is 6.08 Å². The summed E-state index contributed by atoms with van der Waals surface area (Å²) in [6, 6.07) is 6.15. The molecular formula is C10H9F3O3P+. The third-order valence-electron chi connectivity index (χ3n) is 1.83. The van der Waals surface area contributed by atoms with Crippen molar-refractivity contribution in [2.75, 3.05) is 0 Å². The Morgan fingerprint density at radius 1 is 1.35 bits per heavy atom. The van der Waals surface area contributed by atoms with Crippen molar-refractivity contribution >= 4 is 14.3 Å². The van der Waals surface area contributed by atoms with E-state index in [1.807, 2.05) is 0 Å². The molecule has 0 heterocycles. The molecule has 1 rings (SSSR count). The van der Waals surface area contributed by atoms with Gasteiger partial charge in [-0.25, -0.2) is 4.52 Å². The predicted molar refractivity (Wildman–Crippen MR) is 56.1 cm³/mol. The third kappa shape index (κ3) is 4.54. The molecule has 0 aromatic heterocycles. The van der Waals surface area contributed by atoms with Gasteiger partial charge in [0.25, 0.3) is 5.76 Å². The van der Waals surface area contributed by atoms with Crippen molar-refractivity contribution in [3.63, 3.8) is 0 Å². The lowest BCUT2D eigenvalue weighted by atomic mass is 10.1. The molecule has 0 aliphatic heterocycles. The minimum absolute atomic E-state index is 0.236. The van der Waals surface area contributed by atoms with E-state index >= 15 is 0 Å². The minimum Gasteiger partial charge on any atom is -0.224 e. The summed E-state index contributed by atoms with van der Waals surface area (Å²) in [7, 11) is -3.34. The summed E-state index contributed by atoms with van der Waals surface area (Å²) < 4.78 is 51.4. The second-order valence-electron chi connectivity index (χ2n) is 3.25. The first-order valence-electron chi connectivity index (χ1n) is 4.48. The Balaban J connectivity index is 3.05. The highest BCUT2D eigenvalue weighted by molar-refractivity contribution is 7.32. The Morgan fingerprint density at radius 3 is 2.29 bits per heavy atom. The van der Waals surface area contributed by atoms with Crippen molar-refractivity contribution in [2.45, 2.75) is 13.1 Å². The first kappa shape index (κ1) is 13.7. The Kier molecular flexibility index (Phi) is 4.26. The van der Waals surface area contributed by atoms with Gasteiger partial charge >= 0.3 is 14.4 Å². The standard InChI is InChI=1S/C10H8F3O3P/c1-7-2-4-8(5-3-7)6-9(10(11,12)13)16-17(14)15/h2-6H,1H3/p+1/b9-6+. The van der Waals surface area contributed by atoms with Gasteiger partial charge in [0.2, 0.25) is 0 Å². The van der Waals surface area contributed by atoms with Crippen LogP contribution < -0.4 is 0 Å². The Morgan fingerprint density at radius 2 is 1.88 bits per heavy atom. The van der Waals surface area contributed by atoms with Gasteiger partial charge in [-0.1, -0.05) is 29.8 Å². The number of benzene rings is 1. The molecule has 1 aromatic rings. The molecule has 7 heteroatoms. The van der Waals surface area contributed by atoms with Crippen LogP contribution in [0.1, 0.15) is 11.1 Å². The quantitative estimate of drug-likeness (QED) is 0.671. The molecule has 0 fully saturated rings. The van der Waals surface area contributed by atoms with E-state index in [9.17, 15) is 17.7 Å². The van der Waals surface area contributed by atoms with Gasteiger partial charge in [0.15, 0.2) is 0 Å². The fourth-order valence-electron chi connectivity index (χ4n) is 1.06. The monoisotopic (exact) mass is 265 g/mol. The SMILES string of the molecule is Cc1ccc(/C=C(/O[P+](=O)O)C(F)(F)F)cc1. The van der Waals surface area contributed by atoms with E-state index < -0.39 is 20.2 Å². The van der Waals surface area contributed by atoms with Crippen LogP contribution in [0.25, 0.3) is 6.08 Å². The van der Waals surface area contributed by atoms with Crippen molar-refractivity contribution in [1.82, 2.24) is 0 Å².